The van der Waals surface area contributed by atoms with E-state index < -0.39 is 12.0 Å². The Morgan fingerprint density at radius 3 is 1.56 bits per heavy atom. The van der Waals surface area contributed by atoms with Gasteiger partial charge in [0.1, 0.15) is 17.5 Å². The number of benzene rings is 2. The highest BCUT2D eigenvalue weighted by molar-refractivity contribution is 8.18. The Labute approximate surface area is 310 Å². The molecule has 2 heterocycles. The summed E-state index contributed by atoms with van der Waals surface area (Å²) in [7, 11) is 1.77. The zero-order valence-corrected chi connectivity index (χ0v) is 34.5. The standard InChI is InChI=1S/C41H62N2O5S2/c1-37(2,3)28-21-26(22-29(34(28)45)38(4,5)6)49-41(16-19-42(20-17-41)33(44)25-43-18-14-15-32(43)36(46)47)50-27-23-30(39(7,8)9)35(48-13)31(24-27)40(10,11)12/h21-24,32,45H,14-20,25H2,1-13H3,(H,46,47). The van der Waals surface area contributed by atoms with Crippen LogP contribution in [0.3, 0.4) is 0 Å². The molecule has 2 aliphatic heterocycles. The van der Waals surface area contributed by atoms with Gasteiger partial charge in [0.2, 0.25) is 5.91 Å². The lowest BCUT2D eigenvalue weighted by atomic mass is 9.79. The van der Waals surface area contributed by atoms with Crippen LogP contribution < -0.4 is 4.74 Å². The third kappa shape index (κ3) is 9.16. The Morgan fingerprint density at radius 2 is 1.18 bits per heavy atom. The number of rotatable bonds is 8. The molecule has 1 unspecified atom stereocenters. The van der Waals surface area contributed by atoms with Crippen LogP contribution in [0, 0.1) is 0 Å². The molecule has 2 aromatic rings. The van der Waals surface area contributed by atoms with Crippen molar-refractivity contribution >= 4 is 35.4 Å². The van der Waals surface area contributed by atoms with E-state index in [-0.39, 0.29) is 38.2 Å². The van der Waals surface area contributed by atoms with E-state index in [4.69, 9.17) is 4.74 Å². The highest BCUT2D eigenvalue weighted by atomic mass is 32.2. The molecule has 4 rings (SSSR count). The lowest BCUT2D eigenvalue weighted by Gasteiger charge is -2.42. The summed E-state index contributed by atoms with van der Waals surface area (Å²) >= 11 is 3.75. The van der Waals surface area contributed by atoms with Gasteiger partial charge in [-0.05, 0) is 78.2 Å². The lowest BCUT2D eigenvalue weighted by molar-refractivity contribution is -0.143. The van der Waals surface area contributed by atoms with E-state index in [0.29, 0.717) is 31.8 Å². The summed E-state index contributed by atoms with van der Waals surface area (Å²) in [6.45, 7) is 28.2. The first-order valence-electron chi connectivity index (χ1n) is 18.1. The number of piperidine rings is 1. The van der Waals surface area contributed by atoms with Gasteiger partial charge in [-0.1, -0.05) is 83.1 Å². The van der Waals surface area contributed by atoms with E-state index in [1.165, 1.54) is 16.0 Å². The predicted octanol–water partition coefficient (Wildman–Crippen LogP) is 9.34. The van der Waals surface area contributed by atoms with E-state index in [1.54, 1.807) is 7.11 Å². The van der Waals surface area contributed by atoms with E-state index in [9.17, 15) is 19.8 Å². The number of hydrogen-bond donors (Lipinski definition) is 2. The van der Waals surface area contributed by atoms with Crippen molar-refractivity contribution < 1.29 is 24.5 Å². The van der Waals surface area contributed by atoms with Gasteiger partial charge in [-0.2, -0.15) is 0 Å². The third-order valence-electron chi connectivity index (χ3n) is 10.1. The highest BCUT2D eigenvalue weighted by Crippen LogP contribution is 2.55. The molecule has 7 nitrogen and oxygen atoms in total. The Hall–Kier alpha value is -2.36. The number of thioether (sulfide) groups is 2. The molecule has 2 saturated heterocycles. The van der Waals surface area contributed by atoms with Gasteiger partial charge in [-0.3, -0.25) is 14.5 Å². The average Bonchev–Trinajstić information content (AvgIpc) is 3.44. The van der Waals surface area contributed by atoms with Crippen molar-refractivity contribution in [2.75, 3.05) is 33.3 Å². The van der Waals surface area contributed by atoms with Crippen LogP contribution in [0.5, 0.6) is 11.5 Å². The van der Waals surface area contributed by atoms with Crippen molar-refractivity contribution in [2.24, 2.45) is 0 Å². The SMILES string of the molecule is COc1c(C(C)(C)C)cc(SC2(Sc3cc(C(C)(C)C)c(O)c(C(C)(C)C)c3)CCN(C(=O)CN3CCCC3C(=O)O)CC2)cc1C(C)(C)C. The number of amides is 1. The molecule has 0 radical (unpaired) electrons. The molecular weight excluding hydrogens is 665 g/mol. The maximum atomic E-state index is 13.6. The fraction of sp³-hybridized carbons (Fsp3) is 0.659. The molecule has 0 aliphatic carbocycles. The Balaban J connectivity index is 1.78. The van der Waals surface area contributed by atoms with Crippen LogP contribution in [0.2, 0.25) is 0 Å². The number of carbonyl (C=O) groups excluding carboxylic acids is 1. The second-order valence-electron chi connectivity index (χ2n) is 18.4. The summed E-state index contributed by atoms with van der Waals surface area (Å²) in [4.78, 5) is 31.5. The van der Waals surface area contributed by atoms with Gasteiger partial charge in [0.25, 0.3) is 0 Å². The van der Waals surface area contributed by atoms with E-state index in [0.717, 1.165) is 41.0 Å². The fourth-order valence-corrected chi connectivity index (χ4v) is 10.2. The summed E-state index contributed by atoms with van der Waals surface area (Å²) in [6, 6.07) is 8.36. The number of carboxylic acid groups (broad SMARTS) is 1. The maximum Gasteiger partial charge on any atom is 0.320 e. The molecule has 2 aliphatic rings. The topological polar surface area (TPSA) is 90.3 Å². The predicted molar refractivity (Wildman–Crippen MR) is 208 cm³/mol. The summed E-state index contributed by atoms with van der Waals surface area (Å²) in [5, 5.41) is 21.2. The molecule has 9 heteroatoms. The molecule has 0 spiro atoms. The summed E-state index contributed by atoms with van der Waals surface area (Å²) < 4.78 is 5.79. The normalized spacial score (nSPS) is 19.1. The maximum absolute atomic E-state index is 13.6. The molecule has 1 atom stereocenters. The van der Waals surface area contributed by atoms with Gasteiger partial charge in [0, 0.05) is 45.1 Å². The second kappa shape index (κ2) is 14.6. The van der Waals surface area contributed by atoms with Gasteiger partial charge in [0.15, 0.2) is 0 Å². The van der Waals surface area contributed by atoms with Gasteiger partial charge < -0.3 is 19.8 Å². The molecule has 0 aromatic heterocycles. The molecular formula is C41H62N2O5S2. The van der Waals surface area contributed by atoms with E-state index in [1.807, 2.05) is 33.3 Å². The minimum Gasteiger partial charge on any atom is -0.507 e. The number of phenolic OH excluding ortho intramolecular Hbond substituents is 1. The Morgan fingerprint density at radius 1 is 0.760 bits per heavy atom. The first kappa shape index (κ1) is 40.4. The van der Waals surface area contributed by atoms with Crippen molar-refractivity contribution in [2.45, 2.75) is 150 Å². The van der Waals surface area contributed by atoms with Crippen molar-refractivity contribution in [1.29, 1.82) is 0 Å². The highest BCUT2D eigenvalue weighted by Gasteiger charge is 2.41. The zero-order valence-electron chi connectivity index (χ0n) is 32.9. The van der Waals surface area contributed by atoms with Gasteiger partial charge >= 0.3 is 5.97 Å². The van der Waals surface area contributed by atoms with E-state index >= 15 is 0 Å². The van der Waals surface area contributed by atoms with Crippen LogP contribution in [0.4, 0.5) is 0 Å². The number of methoxy groups -OCH3 is 1. The first-order chi connectivity index (χ1) is 22.9. The molecule has 0 bridgehead atoms. The van der Waals surface area contributed by atoms with Crippen molar-refractivity contribution in [3.63, 3.8) is 0 Å². The monoisotopic (exact) mass is 726 g/mol. The number of ether oxygens (including phenoxy) is 1. The minimum atomic E-state index is -0.845. The minimum absolute atomic E-state index is 0.00547. The number of hydrogen-bond acceptors (Lipinski definition) is 7. The Kier molecular flexibility index (Phi) is 11.8. The number of carboxylic acids is 1. The number of aliphatic carboxylic acids is 1. The Bertz CT molecular complexity index is 1500. The van der Waals surface area contributed by atoms with Gasteiger partial charge in [0.05, 0.1) is 17.7 Å². The van der Waals surface area contributed by atoms with Crippen LogP contribution >= 0.6 is 23.5 Å². The van der Waals surface area contributed by atoms with Crippen LogP contribution in [0.1, 0.15) is 131 Å². The number of nitrogens with zero attached hydrogens (tertiary/aromatic N) is 2. The quantitative estimate of drug-likeness (QED) is 0.260. The third-order valence-corrected chi connectivity index (χ3v) is 13.1. The molecule has 0 saturated carbocycles. The van der Waals surface area contributed by atoms with Crippen molar-refractivity contribution in [3.8, 4) is 11.5 Å². The van der Waals surface area contributed by atoms with Gasteiger partial charge in [-0.15, -0.1) is 23.5 Å². The largest absolute Gasteiger partial charge is 0.507 e. The number of carbonyl (C=O) groups is 2. The molecule has 278 valence electrons. The zero-order chi connectivity index (χ0) is 37.6. The molecule has 2 N–H and O–H groups in total. The summed E-state index contributed by atoms with van der Waals surface area (Å²) in [5.41, 5.74) is 3.45. The molecule has 2 aromatic carbocycles. The average molecular weight is 727 g/mol. The van der Waals surface area contributed by atoms with Crippen LogP contribution in [0.25, 0.3) is 0 Å². The van der Waals surface area contributed by atoms with Crippen LogP contribution in [0.15, 0.2) is 34.1 Å². The number of aromatic hydroxyl groups is 1. The summed E-state index contributed by atoms with van der Waals surface area (Å²) in [5.74, 6) is 0.479. The van der Waals surface area contributed by atoms with Gasteiger partial charge in [-0.25, -0.2) is 0 Å². The first-order valence-corrected chi connectivity index (χ1v) is 19.7. The molecule has 2 fully saturated rings. The number of phenols is 1. The van der Waals surface area contributed by atoms with Crippen molar-refractivity contribution in [1.82, 2.24) is 9.80 Å². The van der Waals surface area contributed by atoms with Crippen LogP contribution in [-0.4, -0.2) is 75.3 Å². The fourth-order valence-electron chi connectivity index (χ4n) is 7.13. The summed E-state index contributed by atoms with van der Waals surface area (Å²) in [6.07, 6.45) is 2.91. The van der Waals surface area contributed by atoms with Crippen LogP contribution in [-0.2, 0) is 31.2 Å². The van der Waals surface area contributed by atoms with E-state index in [2.05, 4.69) is 107 Å². The second-order valence-corrected chi connectivity index (χ2v) is 21.6. The molecule has 50 heavy (non-hydrogen) atoms. The molecule has 1 amide bonds. The van der Waals surface area contributed by atoms with Crippen molar-refractivity contribution in [3.05, 3.63) is 46.5 Å². The lowest BCUT2D eigenvalue weighted by Crippen LogP contribution is -2.49. The number of likely N-dealkylation sites (tertiary alicyclic amines) is 2. The smallest absolute Gasteiger partial charge is 0.320 e.